The van der Waals surface area contributed by atoms with Crippen LogP contribution in [0.25, 0.3) is 0 Å². The number of nitrogens with two attached hydrogens (primary N) is 1. The predicted molar refractivity (Wildman–Crippen MR) is 55.0 cm³/mol. The largest absolute Gasteiger partial charge is 0.341 e. The third kappa shape index (κ3) is 3.50. The molecule has 3 N–H and O–H groups in total. The second-order valence-electron chi connectivity index (χ2n) is 3.15. The first kappa shape index (κ1) is 12.7. The molecule has 0 bridgehead atoms. The normalized spacial score (nSPS) is 18.2. The van der Waals surface area contributed by atoms with Crippen molar-refractivity contribution in [1.82, 2.24) is 10.2 Å². The third-order valence-corrected chi connectivity index (χ3v) is 2.43. The van der Waals surface area contributed by atoms with E-state index in [0.29, 0.717) is 6.04 Å². The van der Waals surface area contributed by atoms with E-state index in [1.54, 1.807) is 0 Å². The molecule has 0 aromatic carbocycles. The molecule has 0 aromatic heterocycles. The van der Waals surface area contributed by atoms with Gasteiger partial charge in [0.15, 0.2) is 0 Å². The number of halogens is 1. The van der Waals surface area contributed by atoms with Crippen molar-refractivity contribution < 1.29 is 4.79 Å². The zero-order valence-corrected chi connectivity index (χ0v) is 8.77. The molecule has 1 rings (SSSR count). The summed E-state index contributed by atoms with van der Waals surface area (Å²) >= 11 is 0. The van der Waals surface area contributed by atoms with Crippen LogP contribution < -0.4 is 11.1 Å². The first-order valence-corrected chi connectivity index (χ1v) is 4.43. The van der Waals surface area contributed by atoms with Crippen LogP contribution in [0.4, 0.5) is 0 Å². The fraction of sp³-hybridized carbons (Fsp3) is 0.875. The molecule has 0 aromatic rings. The van der Waals surface area contributed by atoms with Gasteiger partial charge in [0.2, 0.25) is 5.91 Å². The van der Waals surface area contributed by atoms with Gasteiger partial charge >= 0.3 is 0 Å². The highest BCUT2D eigenvalue weighted by atomic mass is 35.5. The smallest absolute Gasteiger partial charge is 0.236 e. The minimum Gasteiger partial charge on any atom is -0.341 e. The van der Waals surface area contributed by atoms with E-state index in [-0.39, 0.29) is 24.9 Å². The Bertz CT molecular complexity index is 157. The summed E-state index contributed by atoms with van der Waals surface area (Å²) < 4.78 is 0. The summed E-state index contributed by atoms with van der Waals surface area (Å²) in [5.74, 6) is 0.0737. The minimum atomic E-state index is 0. The van der Waals surface area contributed by atoms with Gasteiger partial charge in [-0.2, -0.15) is 0 Å². The van der Waals surface area contributed by atoms with E-state index in [1.807, 2.05) is 11.9 Å². The zero-order chi connectivity index (χ0) is 8.97. The van der Waals surface area contributed by atoms with Crippen molar-refractivity contribution in [3.05, 3.63) is 0 Å². The lowest BCUT2D eigenvalue weighted by molar-refractivity contribution is -0.130. The quantitative estimate of drug-likeness (QED) is 0.647. The van der Waals surface area contributed by atoms with Gasteiger partial charge in [0.25, 0.3) is 0 Å². The van der Waals surface area contributed by atoms with Crippen molar-refractivity contribution >= 4 is 18.3 Å². The van der Waals surface area contributed by atoms with Crippen LogP contribution >= 0.6 is 12.4 Å². The number of piperidine rings is 1. The Hall–Kier alpha value is -0.320. The highest BCUT2D eigenvalue weighted by molar-refractivity contribution is 5.85. The molecule has 1 amide bonds. The van der Waals surface area contributed by atoms with Gasteiger partial charge in [0.05, 0.1) is 6.54 Å². The molecule has 1 aliphatic heterocycles. The molecule has 4 nitrogen and oxygen atoms in total. The zero-order valence-electron chi connectivity index (χ0n) is 7.95. The van der Waals surface area contributed by atoms with Crippen molar-refractivity contribution in [2.24, 2.45) is 5.73 Å². The Morgan fingerprint density at radius 1 is 1.54 bits per heavy atom. The van der Waals surface area contributed by atoms with E-state index in [9.17, 15) is 4.79 Å². The monoisotopic (exact) mass is 207 g/mol. The maximum absolute atomic E-state index is 11.1. The van der Waals surface area contributed by atoms with Crippen LogP contribution in [0.5, 0.6) is 0 Å². The number of amides is 1. The van der Waals surface area contributed by atoms with E-state index in [2.05, 4.69) is 5.32 Å². The van der Waals surface area contributed by atoms with Gasteiger partial charge < -0.3 is 16.0 Å². The van der Waals surface area contributed by atoms with Crippen LogP contribution in [0.2, 0.25) is 0 Å². The van der Waals surface area contributed by atoms with E-state index in [1.165, 1.54) is 0 Å². The average Bonchev–Trinajstić information content (AvgIpc) is 2.17. The highest BCUT2D eigenvalue weighted by Crippen LogP contribution is 2.09. The molecule has 1 heterocycles. The number of carbonyl (C=O) groups excluding carboxylic acids is 1. The highest BCUT2D eigenvalue weighted by Gasteiger charge is 2.20. The van der Waals surface area contributed by atoms with Gasteiger partial charge in [-0.05, 0) is 19.9 Å². The maximum Gasteiger partial charge on any atom is 0.236 e. The maximum atomic E-state index is 11.1. The Labute approximate surface area is 85.3 Å². The molecule has 1 fully saturated rings. The lowest BCUT2D eigenvalue weighted by Crippen LogP contribution is -2.45. The number of nitrogens with one attached hydrogen (secondary N) is 1. The van der Waals surface area contributed by atoms with Crippen LogP contribution in [0.15, 0.2) is 0 Å². The van der Waals surface area contributed by atoms with Gasteiger partial charge in [-0.25, -0.2) is 0 Å². The fourth-order valence-electron chi connectivity index (χ4n) is 1.55. The summed E-state index contributed by atoms with van der Waals surface area (Å²) in [4.78, 5) is 13.0. The predicted octanol–water partition coefficient (Wildman–Crippen LogP) is -0.423. The van der Waals surface area contributed by atoms with Crippen LogP contribution in [0, 0.1) is 0 Å². The van der Waals surface area contributed by atoms with Gasteiger partial charge in [-0.1, -0.05) is 0 Å². The Balaban J connectivity index is 0.00000144. The molecule has 13 heavy (non-hydrogen) atoms. The summed E-state index contributed by atoms with van der Waals surface area (Å²) in [5, 5.41) is 3.21. The number of hydrogen-bond donors (Lipinski definition) is 2. The summed E-state index contributed by atoms with van der Waals surface area (Å²) in [6.07, 6.45) is 2.09. The van der Waals surface area contributed by atoms with Gasteiger partial charge in [-0.15, -0.1) is 12.4 Å². The van der Waals surface area contributed by atoms with Gasteiger partial charge in [0, 0.05) is 19.1 Å². The van der Waals surface area contributed by atoms with Gasteiger partial charge in [-0.3, -0.25) is 4.79 Å². The van der Waals surface area contributed by atoms with Gasteiger partial charge in [0.1, 0.15) is 0 Å². The van der Waals surface area contributed by atoms with Crippen molar-refractivity contribution in [2.75, 3.05) is 26.7 Å². The van der Waals surface area contributed by atoms with Crippen molar-refractivity contribution in [3.63, 3.8) is 0 Å². The number of likely N-dealkylation sites (tertiary alicyclic amines) is 1. The van der Waals surface area contributed by atoms with Crippen LogP contribution in [0.1, 0.15) is 12.8 Å². The van der Waals surface area contributed by atoms with E-state index in [0.717, 1.165) is 25.9 Å². The second kappa shape index (κ2) is 6.18. The Morgan fingerprint density at radius 2 is 2.08 bits per heavy atom. The summed E-state index contributed by atoms with van der Waals surface area (Å²) in [6, 6.07) is 0.576. The van der Waals surface area contributed by atoms with E-state index in [4.69, 9.17) is 5.73 Å². The van der Waals surface area contributed by atoms with E-state index < -0.39 is 0 Å². The topological polar surface area (TPSA) is 58.4 Å². The molecule has 0 saturated carbocycles. The van der Waals surface area contributed by atoms with Crippen molar-refractivity contribution in [3.8, 4) is 0 Å². The average molecular weight is 208 g/mol. The molecule has 78 valence electrons. The molecular formula is C8H18ClN3O. The summed E-state index contributed by atoms with van der Waals surface area (Å²) in [7, 11) is 1.96. The molecule has 0 aliphatic carbocycles. The third-order valence-electron chi connectivity index (χ3n) is 2.43. The standard InChI is InChI=1S/C8H17N3O.ClH/c1-10-7-2-4-11(5-3-7)8(12)6-9;/h7,10H,2-6,9H2,1H3;1H. The molecule has 0 radical (unpaired) electrons. The molecule has 5 heteroatoms. The first-order valence-electron chi connectivity index (χ1n) is 4.43. The molecule has 0 atom stereocenters. The van der Waals surface area contributed by atoms with Crippen LogP contribution in [0.3, 0.4) is 0 Å². The molecule has 1 saturated heterocycles. The number of hydrogen-bond acceptors (Lipinski definition) is 3. The molecule has 0 spiro atoms. The fourth-order valence-corrected chi connectivity index (χ4v) is 1.55. The number of nitrogens with zero attached hydrogens (tertiary/aromatic N) is 1. The SMILES string of the molecule is CNC1CCN(C(=O)CN)CC1.Cl. The summed E-state index contributed by atoms with van der Waals surface area (Å²) in [5.41, 5.74) is 5.26. The van der Waals surface area contributed by atoms with Crippen LogP contribution in [-0.2, 0) is 4.79 Å². The molecule has 1 aliphatic rings. The Kier molecular flexibility index (Phi) is 6.03. The lowest BCUT2D eigenvalue weighted by atomic mass is 10.1. The van der Waals surface area contributed by atoms with Crippen LogP contribution in [-0.4, -0.2) is 43.5 Å². The number of carbonyl (C=O) groups is 1. The Morgan fingerprint density at radius 3 is 2.46 bits per heavy atom. The number of rotatable bonds is 2. The second-order valence-corrected chi connectivity index (χ2v) is 3.15. The minimum absolute atomic E-state index is 0. The van der Waals surface area contributed by atoms with E-state index >= 15 is 0 Å². The summed E-state index contributed by atoms with van der Waals surface area (Å²) in [6.45, 7) is 1.84. The van der Waals surface area contributed by atoms with Crippen molar-refractivity contribution in [2.45, 2.75) is 18.9 Å². The molecular weight excluding hydrogens is 190 g/mol. The lowest BCUT2D eigenvalue weighted by Gasteiger charge is -2.31. The van der Waals surface area contributed by atoms with Crippen molar-refractivity contribution in [1.29, 1.82) is 0 Å². The first-order chi connectivity index (χ1) is 5.77. The molecule has 0 unspecified atom stereocenters.